The Kier molecular flexibility index (Phi) is 6.02. The van der Waals surface area contributed by atoms with Crippen molar-refractivity contribution in [1.82, 2.24) is 14.5 Å². The number of para-hydroxylation sites is 2. The summed E-state index contributed by atoms with van der Waals surface area (Å²) >= 11 is 1.53. The Morgan fingerprint density at radius 2 is 2.00 bits per heavy atom. The molecular formula is C19H27N3O2S. The summed E-state index contributed by atoms with van der Waals surface area (Å²) in [6.07, 6.45) is 3.42. The highest BCUT2D eigenvalue weighted by molar-refractivity contribution is 7.99. The number of methoxy groups -OCH3 is 1. The van der Waals surface area contributed by atoms with E-state index in [1.807, 2.05) is 18.2 Å². The van der Waals surface area contributed by atoms with E-state index in [4.69, 9.17) is 9.72 Å². The number of imidazole rings is 1. The van der Waals surface area contributed by atoms with Gasteiger partial charge in [0, 0.05) is 25.7 Å². The second-order valence-corrected chi connectivity index (χ2v) is 7.69. The summed E-state index contributed by atoms with van der Waals surface area (Å²) in [5, 5.41) is 0.893. The fourth-order valence-electron chi connectivity index (χ4n) is 3.68. The maximum atomic E-state index is 12.8. The molecule has 136 valence electrons. The molecule has 1 amide bonds. The molecule has 0 N–H and O–H groups in total. The molecule has 5 nitrogen and oxygen atoms in total. The number of hydrogen-bond acceptors (Lipinski definition) is 4. The quantitative estimate of drug-likeness (QED) is 0.738. The summed E-state index contributed by atoms with van der Waals surface area (Å²) in [5.74, 6) is 0.653. The highest BCUT2D eigenvalue weighted by Crippen LogP contribution is 2.27. The predicted octanol–water partition coefficient (Wildman–Crippen LogP) is 3.56. The predicted molar refractivity (Wildman–Crippen MR) is 102 cm³/mol. The highest BCUT2D eigenvalue weighted by atomic mass is 32.2. The van der Waals surface area contributed by atoms with Crippen LogP contribution in [0.15, 0.2) is 29.4 Å². The lowest BCUT2D eigenvalue weighted by Gasteiger charge is -2.39. The molecule has 1 saturated heterocycles. The largest absolute Gasteiger partial charge is 0.383 e. The van der Waals surface area contributed by atoms with Gasteiger partial charge in [0.2, 0.25) is 5.91 Å². The average Bonchev–Trinajstić information content (AvgIpc) is 2.95. The smallest absolute Gasteiger partial charge is 0.233 e. The number of rotatable bonds is 6. The third-order valence-corrected chi connectivity index (χ3v) is 5.91. The van der Waals surface area contributed by atoms with Gasteiger partial charge in [0.05, 0.1) is 23.4 Å². The molecule has 0 radical (unpaired) electrons. The second-order valence-electron chi connectivity index (χ2n) is 6.75. The molecule has 0 bridgehead atoms. The normalized spacial score (nSPS) is 21.0. The summed E-state index contributed by atoms with van der Waals surface area (Å²) in [5.41, 5.74) is 2.06. The first-order valence-electron chi connectivity index (χ1n) is 9.00. The van der Waals surface area contributed by atoms with Crippen LogP contribution in [0.4, 0.5) is 0 Å². The number of piperidine rings is 1. The van der Waals surface area contributed by atoms with Crippen molar-refractivity contribution in [3.63, 3.8) is 0 Å². The molecule has 1 fully saturated rings. The summed E-state index contributed by atoms with van der Waals surface area (Å²) in [4.78, 5) is 19.6. The van der Waals surface area contributed by atoms with Crippen molar-refractivity contribution in [1.29, 1.82) is 0 Å². The lowest BCUT2D eigenvalue weighted by Crippen LogP contribution is -2.48. The molecule has 6 heteroatoms. The van der Waals surface area contributed by atoms with Gasteiger partial charge in [-0.25, -0.2) is 4.98 Å². The average molecular weight is 362 g/mol. The zero-order valence-corrected chi connectivity index (χ0v) is 16.1. The fraction of sp³-hybridized carbons (Fsp3) is 0.579. The number of amides is 1. The molecule has 25 heavy (non-hydrogen) atoms. The van der Waals surface area contributed by atoms with Crippen LogP contribution < -0.4 is 0 Å². The lowest BCUT2D eigenvalue weighted by atomic mass is 9.98. The molecule has 1 aromatic carbocycles. The molecule has 1 aromatic heterocycles. The third-order valence-electron chi connectivity index (χ3n) is 4.94. The zero-order chi connectivity index (χ0) is 17.8. The van der Waals surface area contributed by atoms with Crippen molar-refractivity contribution >= 4 is 28.7 Å². The zero-order valence-electron chi connectivity index (χ0n) is 15.3. The SMILES string of the molecule is COCCn1c(SCC(=O)N2C(C)CCCC2C)nc2ccccc21. The van der Waals surface area contributed by atoms with Gasteiger partial charge in [-0.15, -0.1) is 0 Å². The number of hydrogen-bond donors (Lipinski definition) is 0. The Hall–Kier alpha value is -1.53. The summed E-state index contributed by atoms with van der Waals surface area (Å²) in [6, 6.07) is 8.77. The topological polar surface area (TPSA) is 47.4 Å². The van der Waals surface area contributed by atoms with Crippen molar-refractivity contribution in [2.45, 2.75) is 56.9 Å². The molecule has 1 aliphatic heterocycles. The fourth-order valence-corrected chi connectivity index (χ4v) is 4.59. The van der Waals surface area contributed by atoms with Crippen molar-refractivity contribution in [3.05, 3.63) is 24.3 Å². The van der Waals surface area contributed by atoms with Crippen molar-refractivity contribution in [3.8, 4) is 0 Å². The van der Waals surface area contributed by atoms with Crippen molar-refractivity contribution in [2.75, 3.05) is 19.5 Å². The van der Waals surface area contributed by atoms with Gasteiger partial charge < -0.3 is 14.2 Å². The van der Waals surface area contributed by atoms with Gasteiger partial charge in [-0.05, 0) is 45.2 Å². The Morgan fingerprint density at radius 1 is 1.28 bits per heavy atom. The van der Waals surface area contributed by atoms with Crippen LogP contribution >= 0.6 is 11.8 Å². The van der Waals surface area contributed by atoms with Gasteiger partial charge in [0.25, 0.3) is 0 Å². The first-order chi connectivity index (χ1) is 12.1. The number of carbonyl (C=O) groups is 1. The molecular weight excluding hydrogens is 334 g/mol. The van der Waals surface area contributed by atoms with Crippen LogP contribution in [0.3, 0.4) is 0 Å². The molecule has 2 atom stereocenters. The number of thioether (sulfide) groups is 1. The number of aromatic nitrogens is 2. The van der Waals surface area contributed by atoms with Gasteiger partial charge in [0.1, 0.15) is 0 Å². The van der Waals surface area contributed by atoms with Crippen LogP contribution in [0.2, 0.25) is 0 Å². The van der Waals surface area contributed by atoms with Crippen LogP contribution in [0.5, 0.6) is 0 Å². The van der Waals surface area contributed by atoms with E-state index in [0.29, 0.717) is 24.4 Å². The minimum Gasteiger partial charge on any atom is -0.383 e. The maximum Gasteiger partial charge on any atom is 0.233 e. The van der Waals surface area contributed by atoms with Gasteiger partial charge in [0.15, 0.2) is 5.16 Å². The van der Waals surface area contributed by atoms with E-state index in [9.17, 15) is 4.79 Å². The van der Waals surface area contributed by atoms with Crippen LogP contribution in [0.25, 0.3) is 11.0 Å². The van der Waals surface area contributed by atoms with Crippen molar-refractivity contribution in [2.24, 2.45) is 0 Å². The van der Waals surface area contributed by atoms with E-state index in [-0.39, 0.29) is 5.91 Å². The van der Waals surface area contributed by atoms with E-state index in [0.717, 1.165) is 35.6 Å². The Morgan fingerprint density at radius 3 is 2.72 bits per heavy atom. The highest BCUT2D eigenvalue weighted by Gasteiger charge is 2.29. The molecule has 3 rings (SSSR count). The first kappa shape index (κ1) is 18.3. The molecule has 0 aliphatic carbocycles. The van der Waals surface area contributed by atoms with E-state index in [2.05, 4.69) is 29.4 Å². The van der Waals surface area contributed by atoms with Crippen LogP contribution in [0, 0.1) is 0 Å². The molecule has 2 heterocycles. The van der Waals surface area contributed by atoms with Gasteiger partial charge in [-0.1, -0.05) is 23.9 Å². The number of nitrogens with zero attached hydrogens (tertiary/aromatic N) is 3. The second kappa shape index (κ2) is 8.23. The summed E-state index contributed by atoms with van der Waals surface area (Å²) < 4.78 is 7.39. The minimum absolute atomic E-state index is 0.218. The van der Waals surface area contributed by atoms with E-state index in [1.54, 1.807) is 7.11 Å². The van der Waals surface area contributed by atoms with Gasteiger partial charge >= 0.3 is 0 Å². The van der Waals surface area contributed by atoms with E-state index < -0.39 is 0 Å². The minimum atomic E-state index is 0.218. The van der Waals surface area contributed by atoms with E-state index >= 15 is 0 Å². The molecule has 1 aliphatic rings. The number of ether oxygens (including phenoxy) is 1. The standard InChI is InChI=1S/C19H27N3O2S/c1-14-7-6-8-15(2)22(14)18(23)13-25-19-20-16-9-4-5-10-17(16)21(19)11-12-24-3/h4-5,9-10,14-15H,6-8,11-13H2,1-3H3. The molecule has 2 unspecified atom stereocenters. The number of benzene rings is 1. The van der Waals surface area contributed by atoms with Crippen LogP contribution in [0.1, 0.15) is 33.1 Å². The monoisotopic (exact) mass is 361 g/mol. The van der Waals surface area contributed by atoms with Crippen LogP contribution in [-0.2, 0) is 16.1 Å². The lowest BCUT2D eigenvalue weighted by molar-refractivity contribution is -0.134. The molecule has 0 spiro atoms. The maximum absolute atomic E-state index is 12.8. The first-order valence-corrected chi connectivity index (χ1v) is 9.98. The Labute approximate surface area is 153 Å². The van der Waals surface area contributed by atoms with Crippen LogP contribution in [-0.4, -0.2) is 51.9 Å². The van der Waals surface area contributed by atoms with Gasteiger partial charge in [-0.3, -0.25) is 4.79 Å². The number of carbonyl (C=O) groups excluding carboxylic acids is 1. The van der Waals surface area contributed by atoms with Gasteiger partial charge in [-0.2, -0.15) is 0 Å². The third kappa shape index (κ3) is 4.01. The molecule has 0 saturated carbocycles. The van der Waals surface area contributed by atoms with E-state index in [1.165, 1.54) is 18.2 Å². The summed E-state index contributed by atoms with van der Waals surface area (Å²) in [6.45, 7) is 5.68. The number of fused-ring (bicyclic) bond motifs is 1. The van der Waals surface area contributed by atoms with Crippen molar-refractivity contribution < 1.29 is 9.53 Å². The Balaban J connectivity index is 1.75. The molecule has 2 aromatic rings. The number of likely N-dealkylation sites (tertiary alicyclic amines) is 1. The Bertz CT molecular complexity index is 721. The summed E-state index contributed by atoms with van der Waals surface area (Å²) in [7, 11) is 1.70.